The third-order valence-electron chi connectivity index (χ3n) is 4.04. The van der Waals surface area contributed by atoms with E-state index >= 15 is 0 Å². The molecule has 0 radical (unpaired) electrons. The first-order valence-electron chi connectivity index (χ1n) is 8.50. The van der Waals surface area contributed by atoms with Crippen LogP contribution in [-0.2, 0) is 16.6 Å². The van der Waals surface area contributed by atoms with E-state index in [0.29, 0.717) is 28.5 Å². The van der Waals surface area contributed by atoms with Crippen LogP contribution in [0.15, 0.2) is 47.1 Å². The van der Waals surface area contributed by atoms with Gasteiger partial charge in [-0.05, 0) is 29.3 Å². The van der Waals surface area contributed by atoms with Gasteiger partial charge in [-0.3, -0.25) is 4.79 Å². The number of halogens is 1. The lowest BCUT2D eigenvalue weighted by Crippen LogP contribution is -2.15. The zero-order valence-corrected chi connectivity index (χ0v) is 15.4. The summed E-state index contributed by atoms with van der Waals surface area (Å²) in [5, 5.41) is 6.46. The average molecular weight is 368 g/mol. The van der Waals surface area contributed by atoms with Crippen molar-refractivity contribution in [2.45, 2.75) is 32.6 Å². The molecule has 0 saturated heterocycles. The molecule has 1 amide bonds. The van der Waals surface area contributed by atoms with Gasteiger partial charge in [0, 0.05) is 23.2 Å². The van der Waals surface area contributed by atoms with Crippen LogP contribution in [0.25, 0.3) is 11.1 Å². The molecule has 3 aromatic rings. The number of nitrogens with zero attached hydrogens (tertiary/aromatic N) is 2. The quantitative estimate of drug-likeness (QED) is 0.727. The van der Waals surface area contributed by atoms with E-state index in [1.807, 2.05) is 20.8 Å². The maximum atomic E-state index is 14.4. The van der Waals surface area contributed by atoms with Crippen LogP contribution in [0.3, 0.4) is 0 Å². The summed E-state index contributed by atoms with van der Waals surface area (Å²) in [5.41, 5.74) is 7.05. The normalized spacial score (nSPS) is 11.4. The maximum absolute atomic E-state index is 14.4. The Balaban J connectivity index is 1.69. The highest BCUT2D eigenvalue weighted by molar-refractivity contribution is 5.91. The first-order valence-corrected chi connectivity index (χ1v) is 8.50. The van der Waals surface area contributed by atoms with Crippen molar-refractivity contribution in [3.05, 3.63) is 59.7 Å². The van der Waals surface area contributed by atoms with E-state index in [9.17, 15) is 9.18 Å². The highest BCUT2D eigenvalue weighted by atomic mass is 19.1. The van der Waals surface area contributed by atoms with Gasteiger partial charge in [-0.15, -0.1) is 0 Å². The molecule has 0 aliphatic rings. The number of amides is 1. The molecule has 0 spiro atoms. The van der Waals surface area contributed by atoms with Crippen molar-refractivity contribution in [3.8, 4) is 11.1 Å². The summed E-state index contributed by atoms with van der Waals surface area (Å²) < 4.78 is 19.6. The lowest BCUT2D eigenvalue weighted by Gasteiger charge is -2.12. The summed E-state index contributed by atoms with van der Waals surface area (Å²) in [4.78, 5) is 16.2. The Bertz CT molecular complexity index is 959. The van der Waals surface area contributed by atoms with Crippen LogP contribution in [0, 0.1) is 5.82 Å². The van der Waals surface area contributed by atoms with Crippen LogP contribution in [0.4, 0.5) is 16.0 Å². The van der Waals surface area contributed by atoms with Crippen molar-refractivity contribution in [1.29, 1.82) is 0 Å². The fourth-order valence-corrected chi connectivity index (χ4v) is 2.49. The van der Waals surface area contributed by atoms with Crippen LogP contribution in [0.5, 0.6) is 0 Å². The number of carbonyl (C=O) groups is 1. The Hall–Kier alpha value is -3.22. The minimum atomic E-state index is -0.463. The van der Waals surface area contributed by atoms with Crippen LogP contribution < -0.4 is 11.1 Å². The molecular weight excluding hydrogens is 347 g/mol. The second kappa shape index (κ2) is 7.19. The van der Waals surface area contributed by atoms with Gasteiger partial charge in [0.25, 0.3) is 0 Å². The predicted octanol–water partition coefficient (Wildman–Crippen LogP) is 3.94. The molecule has 0 aliphatic heterocycles. The van der Waals surface area contributed by atoms with Crippen LogP contribution >= 0.6 is 0 Å². The van der Waals surface area contributed by atoms with Gasteiger partial charge in [0.05, 0.1) is 6.42 Å². The molecule has 0 atom stereocenters. The second-order valence-corrected chi connectivity index (χ2v) is 7.33. The van der Waals surface area contributed by atoms with Gasteiger partial charge in [0.2, 0.25) is 5.91 Å². The van der Waals surface area contributed by atoms with Gasteiger partial charge in [0.15, 0.2) is 5.82 Å². The number of aromatic nitrogens is 2. The number of hydrogen-bond acceptors (Lipinski definition) is 5. The molecule has 27 heavy (non-hydrogen) atoms. The highest BCUT2D eigenvalue weighted by Gasteiger charge is 2.20. The third kappa shape index (κ3) is 4.49. The van der Waals surface area contributed by atoms with Crippen LogP contribution in [0.1, 0.15) is 32.1 Å². The van der Waals surface area contributed by atoms with E-state index in [0.717, 1.165) is 5.56 Å². The molecular formula is C20H21FN4O2. The molecule has 0 unspecified atom stereocenters. The topological polar surface area (TPSA) is 94.0 Å². The fourth-order valence-electron chi connectivity index (χ4n) is 2.49. The zero-order valence-electron chi connectivity index (χ0n) is 15.4. The van der Waals surface area contributed by atoms with E-state index in [2.05, 4.69) is 15.5 Å². The van der Waals surface area contributed by atoms with Gasteiger partial charge in [-0.25, -0.2) is 9.37 Å². The maximum Gasteiger partial charge on any atom is 0.230 e. The number of pyridine rings is 1. The molecule has 3 N–H and O–H groups in total. The zero-order chi connectivity index (χ0) is 19.6. The van der Waals surface area contributed by atoms with Crippen LogP contribution in [-0.4, -0.2) is 16.0 Å². The predicted molar refractivity (Wildman–Crippen MR) is 102 cm³/mol. The summed E-state index contributed by atoms with van der Waals surface area (Å²) in [7, 11) is 0. The van der Waals surface area contributed by atoms with Crippen LogP contribution in [0.2, 0.25) is 0 Å². The van der Waals surface area contributed by atoms with E-state index in [1.54, 1.807) is 36.5 Å². The molecule has 3 rings (SSSR count). The monoisotopic (exact) mass is 368 g/mol. The minimum absolute atomic E-state index is 0.107. The van der Waals surface area contributed by atoms with Gasteiger partial charge in [-0.1, -0.05) is 38.1 Å². The minimum Gasteiger partial charge on any atom is -0.384 e. The van der Waals surface area contributed by atoms with E-state index in [-0.39, 0.29) is 17.7 Å². The Labute approximate surface area is 156 Å². The molecule has 7 heteroatoms. The Morgan fingerprint density at radius 1 is 1.19 bits per heavy atom. The number of benzene rings is 1. The molecule has 0 bridgehead atoms. The second-order valence-electron chi connectivity index (χ2n) is 7.33. The van der Waals surface area contributed by atoms with Crippen molar-refractivity contribution in [2.75, 3.05) is 11.1 Å². The highest BCUT2D eigenvalue weighted by Crippen LogP contribution is 2.25. The van der Waals surface area contributed by atoms with Crippen molar-refractivity contribution >= 4 is 17.5 Å². The third-order valence-corrected chi connectivity index (χ3v) is 4.04. The standard InChI is InChI=1S/C20H21FN4O2/c1-20(2,3)16-10-18(25-27-16)24-19(26)9-13-5-4-12(8-15(13)21)14-6-7-17(22)23-11-14/h4-8,10-11H,9H2,1-3H3,(H2,22,23)(H,24,25,26). The summed E-state index contributed by atoms with van der Waals surface area (Å²) in [6.45, 7) is 5.94. The first-order chi connectivity index (χ1) is 12.7. The lowest BCUT2D eigenvalue weighted by atomic mass is 9.93. The summed E-state index contributed by atoms with van der Waals surface area (Å²) in [6, 6.07) is 9.80. The van der Waals surface area contributed by atoms with Crippen molar-refractivity contribution < 1.29 is 13.7 Å². The summed E-state index contributed by atoms with van der Waals surface area (Å²) in [5.74, 6) is 0.537. The smallest absolute Gasteiger partial charge is 0.230 e. The molecule has 140 valence electrons. The first kappa shape index (κ1) is 18.6. The van der Waals surface area contributed by atoms with E-state index in [1.165, 1.54) is 6.07 Å². The van der Waals surface area contributed by atoms with Crippen molar-refractivity contribution in [3.63, 3.8) is 0 Å². The molecule has 0 saturated carbocycles. The summed E-state index contributed by atoms with van der Waals surface area (Å²) >= 11 is 0. The molecule has 2 aromatic heterocycles. The number of hydrogen-bond donors (Lipinski definition) is 2. The van der Waals surface area contributed by atoms with Gasteiger partial charge in [0.1, 0.15) is 17.4 Å². The van der Waals surface area contributed by atoms with E-state index in [4.69, 9.17) is 10.3 Å². The number of rotatable bonds is 4. The number of nitrogens with one attached hydrogen (secondary N) is 1. The molecule has 2 heterocycles. The largest absolute Gasteiger partial charge is 0.384 e. The van der Waals surface area contributed by atoms with Gasteiger partial charge < -0.3 is 15.6 Å². The van der Waals surface area contributed by atoms with Gasteiger partial charge in [-0.2, -0.15) is 0 Å². The Morgan fingerprint density at radius 2 is 1.93 bits per heavy atom. The lowest BCUT2D eigenvalue weighted by molar-refractivity contribution is -0.115. The Morgan fingerprint density at radius 3 is 2.52 bits per heavy atom. The molecule has 1 aromatic carbocycles. The SMILES string of the molecule is CC(C)(C)c1cc(NC(=O)Cc2ccc(-c3ccc(N)nc3)cc2F)no1. The van der Waals surface area contributed by atoms with Gasteiger partial charge >= 0.3 is 0 Å². The Kier molecular flexibility index (Phi) is 4.94. The molecule has 6 nitrogen and oxygen atoms in total. The molecule has 0 aliphatic carbocycles. The molecule has 0 fully saturated rings. The summed E-state index contributed by atoms with van der Waals surface area (Å²) in [6.07, 6.45) is 1.47. The van der Waals surface area contributed by atoms with E-state index < -0.39 is 5.82 Å². The van der Waals surface area contributed by atoms with Crippen molar-refractivity contribution in [1.82, 2.24) is 10.1 Å². The van der Waals surface area contributed by atoms with Crippen molar-refractivity contribution in [2.24, 2.45) is 0 Å². The number of carbonyl (C=O) groups excluding carboxylic acids is 1. The number of nitrogen functional groups attached to an aromatic ring is 1. The fraction of sp³-hybridized carbons (Fsp3) is 0.250. The average Bonchev–Trinajstić information content (AvgIpc) is 3.06. The number of nitrogens with two attached hydrogens (primary N) is 1. The number of anilines is 2.